The maximum atomic E-state index is 12.6. The van der Waals surface area contributed by atoms with E-state index in [0.717, 1.165) is 15.7 Å². The molecule has 2 rings (SSSR count). The molecule has 1 N–H and O–H groups in total. The fourth-order valence-corrected chi connectivity index (χ4v) is 2.57. The Hall–Kier alpha value is -1.36. The van der Waals surface area contributed by atoms with Gasteiger partial charge in [-0.3, -0.25) is 14.5 Å². The number of hydrogen-bond donors (Lipinski definition) is 1. The van der Waals surface area contributed by atoms with Crippen LogP contribution in [-0.4, -0.2) is 23.4 Å². The minimum Gasteiger partial charge on any atom is -0.340 e. The number of carbonyl (C=O) groups excluding carboxylic acids is 2. The zero-order valence-corrected chi connectivity index (χ0v) is 13.0. The molecule has 1 aromatic carbocycles. The average molecular weight is 325 g/mol. The van der Waals surface area contributed by atoms with Gasteiger partial charge in [0.15, 0.2) is 0 Å². The molecule has 1 saturated heterocycles. The summed E-state index contributed by atoms with van der Waals surface area (Å²) in [7, 11) is 0. The van der Waals surface area contributed by atoms with Crippen LogP contribution in [0.2, 0.25) is 0 Å². The molecule has 4 nitrogen and oxygen atoms in total. The van der Waals surface area contributed by atoms with E-state index in [0.29, 0.717) is 0 Å². The molecule has 1 heterocycles. The van der Waals surface area contributed by atoms with Crippen molar-refractivity contribution < 1.29 is 9.59 Å². The summed E-state index contributed by atoms with van der Waals surface area (Å²) in [5.74, 6) is -0.232. The van der Waals surface area contributed by atoms with Crippen molar-refractivity contribution in [2.24, 2.45) is 0 Å². The number of carbonyl (C=O) groups is 2. The average Bonchev–Trinajstić information content (AvgIpc) is 2.31. The number of nitrogens with zero attached hydrogens (tertiary/aromatic N) is 1. The molecule has 5 heteroatoms. The predicted molar refractivity (Wildman–Crippen MR) is 78.0 cm³/mol. The van der Waals surface area contributed by atoms with Crippen LogP contribution in [0.3, 0.4) is 0 Å². The number of piperazine rings is 1. The molecule has 0 saturated carbocycles. The second kappa shape index (κ2) is 4.63. The molecule has 1 aliphatic heterocycles. The molecule has 0 bridgehead atoms. The van der Waals surface area contributed by atoms with Crippen molar-refractivity contribution >= 4 is 33.4 Å². The number of aryl methyl sites for hydroxylation is 1. The van der Waals surface area contributed by atoms with E-state index in [1.165, 1.54) is 0 Å². The van der Waals surface area contributed by atoms with Crippen LogP contribution in [0.5, 0.6) is 0 Å². The summed E-state index contributed by atoms with van der Waals surface area (Å²) in [6.45, 7) is 7.11. The highest BCUT2D eigenvalue weighted by atomic mass is 79.9. The minimum atomic E-state index is -0.877. The topological polar surface area (TPSA) is 49.4 Å². The molecule has 102 valence electrons. The highest BCUT2D eigenvalue weighted by molar-refractivity contribution is 9.10. The Morgan fingerprint density at radius 2 is 1.95 bits per heavy atom. The zero-order valence-electron chi connectivity index (χ0n) is 11.5. The van der Waals surface area contributed by atoms with E-state index in [2.05, 4.69) is 21.2 Å². The van der Waals surface area contributed by atoms with Gasteiger partial charge in [-0.1, -0.05) is 22.0 Å². The first kappa shape index (κ1) is 14.1. The lowest BCUT2D eigenvalue weighted by molar-refractivity contribution is -0.136. The van der Waals surface area contributed by atoms with Gasteiger partial charge < -0.3 is 5.32 Å². The second-order valence-electron chi connectivity index (χ2n) is 5.40. The summed E-state index contributed by atoms with van der Waals surface area (Å²) in [4.78, 5) is 26.2. The predicted octanol–water partition coefficient (Wildman–Crippen LogP) is 2.39. The smallest absolute Gasteiger partial charge is 0.252 e. The van der Waals surface area contributed by atoms with Gasteiger partial charge in [0.2, 0.25) is 5.91 Å². The van der Waals surface area contributed by atoms with Crippen LogP contribution in [0.1, 0.15) is 26.3 Å². The third-order valence-electron chi connectivity index (χ3n) is 3.39. The monoisotopic (exact) mass is 324 g/mol. The number of halogens is 1. The van der Waals surface area contributed by atoms with Gasteiger partial charge in [-0.2, -0.15) is 0 Å². The second-order valence-corrected chi connectivity index (χ2v) is 6.31. The van der Waals surface area contributed by atoms with Crippen molar-refractivity contribution in [3.05, 3.63) is 28.2 Å². The van der Waals surface area contributed by atoms with E-state index in [1.807, 2.05) is 25.1 Å². The Morgan fingerprint density at radius 3 is 2.58 bits per heavy atom. The molecule has 0 spiro atoms. The normalized spacial score (nSPS) is 22.4. The van der Waals surface area contributed by atoms with Gasteiger partial charge in [0.05, 0.1) is 0 Å². The third kappa shape index (κ3) is 2.39. The number of nitrogens with one attached hydrogen (secondary N) is 1. The van der Waals surface area contributed by atoms with E-state index in [-0.39, 0.29) is 11.8 Å². The van der Waals surface area contributed by atoms with Crippen LogP contribution >= 0.6 is 15.9 Å². The molecular formula is C14H17BrN2O2. The van der Waals surface area contributed by atoms with Crippen molar-refractivity contribution in [1.82, 2.24) is 5.32 Å². The Balaban J connectivity index is 2.54. The molecule has 2 amide bonds. The standard InChI is InChI=1S/C14H17BrN2O2/c1-8-5-6-10(15)7-11(8)17-9(2)12(18)16-14(3,4)13(17)19/h5-7,9H,1-4H3,(H,16,18). The van der Waals surface area contributed by atoms with Gasteiger partial charge in [0.25, 0.3) is 5.91 Å². The van der Waals surface area contributed by atoms with Crippen molar-refractivity contribution in [3.8, 4) is 0 Å². The van der Waals surface area contributed by atoms with E-state index >= 15 is 0 Å². The fourth-order valence-electron chi connectivity index (χ4n) is 2.22. The van der Waals surface area contributed by atoms with Crippen molar-refractivity contribution in [1.29, 1.82) is 0 Å². The van der Waals surface area contributed by atoms with Gasteiger partial charge in [-0.25, -0.2) is 0 Å². The Kier molecular flexibility index (Phi) is 3.43. The lowest BCUT2D eigenvalue weighted by Gasteiger charge is -2.42. The molecule has 1 fully saturated rings. The van der Waals surface area contributed by atoms with Crippen molar-refractivity contribution in [2.75, 3.05) is 4.90 Å². The Bertz CT molecular complexity index is 554. The maximum Gasteiger partial charge on any atom is 0.252 e. The number of anilines is 1. The first-order valence-corrected chi connectivity index (χ1v) is 6.95. The third-order valence-corrected chi connectivity index (χ3v) is 3.88. The summed E-state index contributed by atoms with van der Waals surface area (Å²) in [5.41, 5.74) is 0.863. The van der Waals surface area contributed by atoms with Crippen LogP contribution in [-0.2, 0) is 9.59 Å². The zero-order chi connectivity index (χ0) is 14.4. The summed E-state index contributed by atoms with van der Waals surface area (Å²) in [5, 5.41) is 2.75. The fraction of sp³-hybridized carbons (Fsp3) is 0.429. The molecule has 0 aromatic heterocycles. The van der Waals surface area contributed by atoms with Gasteiger partial charge in [0, 0.05) is 10.2 Å². The first-order valence-electron chi connectivity index (χ1n) is 6.16. The quantitative estimate of drug-likeness (QED) is 0.862. The number of hydrogen-bond acceptors (Lipinski definition) is 2. The van der Waals surface area contributed by atoms with Gasteiger partial charge >= 0.3 is 0 Å². The highest BCUT2D eigenvalue weighted by Crippen LogP contribution is 2.30. The van der Waals surface area contributed by atoms with Gasteiger partial charge in [-0.05, 0) is 45.4 Å². The lowest BCUT2D eigenvalue weighted by Crippen LogP contribution is -2.67. The lowest BCUT2D eigenvalue weighted by atomic mass is 9.96. The van der Waals surface area contributed by atoms with Gasteiger partial charge in [0.1, 0.15) is 11.6 Å². The first-order chi connectivity index (χ1) is 8.74. The molecular weight excluding hydrogens is 308 g/mol. The van der Waals surface area contributed by atoms with E-state index in [1.54, 1.807) is 25.7 Å². The Labute approximate surface area is 121 Å². The van der Waals surface area contributed by atoms with Crippen LogP contribution in [0.4, 0.5) is 5.69 Å². The van der Waals surface area contributed by atoms with Crippen molar-refractivity contribution in [2.45, 2.75) is 39.3 Å². The van der Waals surface area contributed by atoms with Crippen LogP contribution in [0.25, 0.3) is 0 Å². The van der Waals surface area contributed by atoms with Gasteiger partial charge in [-0.15, -0.1) is 0 Å². The molecule has 1 unspecified atom stereocenters. The number of rotatable bonds is 1. The minimum absolute atomic E-state index is 0.0965. The van der Waals surface area contributed by atoms with E-state index < -0.39 is 11.6 Å². The Morgan fingerprint density at radius 1 is 1.32 bits per heavy atom. The summed E-state index contributed by atoms with van der Waals surface area (Å²) >= 11 is 3.41. The van der Waals surface area contributed by atoms with Crippen LogP contribution in [0, 0.1) is 6.92 Å². The summed E-state index contributed by atoms with van der Waals surface area (Å²) in [6.07, 6.45) is 0. The van der Waals surface area contributed by atoms with Crippen LogP contribution in [0.15, 0.2) is 22.7 Å². The maximum absolute atomic E-state index is 12.6. The largest absolute Gasteiger partial charge is 0.340 e. The van der Waals surface area contributed by atoms with E-state index in [9.17, 15) is 9.59 Å². The highest BCUT2D eigenvalue weighted by Gasteiger charge is 2.44. The molecule has 19 heavy (non-hydrogen) atoms. The molecule has 1 aliphatic rings. The summed E-state index contributed by atoms with van der Waals surface area (Å²) in [6, 6.07) is 5.22. The SMILES string of the molecule is Cc1ccc(Br)cc1N1C(=O)C(C)(C)NC(=O)C1C. The molecule has 1 aromatic rings. The van der Waals surface area contributed by atoms with Crippen molar-refractivity contribution in [3.63, 3.8) is 0 Å². The summed E-state index contributed by atoms with van der Waals surface area (Å²) < 4.78 is 0.886. The molecule has 0 radical (unpaired) electrons. The van der Waals surface area contributed by atoms with E-state index in [4.69, 9.17) is 0 Å². The van der Waals surface area contributed by atoms with Crippen LogP contribution < -0.4 is 10.2 Å². The molecule has 0 aliphatic carbocycles. The molecule has 1 atom stereocenters. The number of benzene rings is 1. The number of amides is 2.